The Labute approximate surface area is 77.7 Å². The van der Waals surface area contributed by atoms with Crippen molar-refractivity contribution in [3.8, 4) is 5.75 Å². The molecule has 0 atom stereocenters. The second-order valence-electron chi connectivity index (χ2n) is 2.92. The summed E-state index contributed by atoms with van der Waals surface area (Å²) in [6.45, 7) is 2.27. The molecule has 72 valence electrons. The first kappa shape index (κ1) is 9.95. The van der Waals surface area contributed by atoms with E-state index in [2.05, 4.69) is 4.98 Å². The van der Waals surface area contributed by atoms with Gasteiger partial charge in [0.25, 0.3) is 0 Å². The lowest BCUT2D eigenvalue weighted by Crippen LogP contribution is -2.14. The van der Waals surface area contributed by atoms with E-state index in [4.69, 9.17) is 9.94 Å². The highest BCUT2D eigenvalue weighted by molar-refractivity contribution is 5.28. The van der Waals surface area contributed by atoms with E-state index in [1.165, 1.54) is 0 Å². The zero-order valence-electron chi connectivity index (χ0n) is 8.11. The first-order valence-corrected chi connectivity index (χ1v) is 4.04. The predicted molar refractivity (Wildman–Crippen MR) is 48.8 cm³/mol. The minimum atomic E-state index is 0.366. The van der Waals surface area contributed by atoms with Crippen LogP contribution in [0.3, 0.4) is 0 Å². The fourth-order valence-electron chi connectivity index (χ4n) is 1.11. The minimum absolute atomic E-state index is 0.366. The molecule has 1 aromatic rings. The van der Waals surface area contributed by atoms with E-state index in [0.717, 1.165) is 16.5 Å². The molecular weight excluding hydrogens is 168 g/mol. The van der Waals surface area contributed by atoms with E-state index >= 15 is 0 Å². The SMILES string of the molecule is COc1ccc(C)nc1CN(C)O. The van der Waals surface area contributed by atoms with Crippen molar-refractivity contribution >= 4 is 0 Å². The number of hydrogen-bond donors (Lipinski definition) is 1. The van der Waals surface area contributed by atoms with Crippen LogP contribution in [0.2, 0.25) is 0 Å². The Morgan fingerprint density at radius 1 is 1.54 bits per heavy atom. The third kappa shape index (κ3) is 2.68. The Bertz CT molecular complexity index is 287. The summed E-state index contributed by atoms with van der Waals surface area (Å²) < 4.78 is 5.10. The van der Waals surface area contributed by atoms with Crippen molar-refractivity contribution in [1.82, 2.24) is 10.0 Å². The Hall–Kier alpha value is -1.13. The molecule has 1 rings (SSSR count). The zero-order chi connectivity index (χ0) is 9.84. The normalized spacial score (nSPS) is 10.5. The topological polar surface area (TPSA) is 45.6 Å². The van der Waals surface area contributed by atoms with Crippen molar-refractivity contribution in [3.63, 3.8) is 0 Å². The molecule has 0 aliphatic carbocycles. The maximum Gasteiger partial charge on any atom is 0.141 e. The number of hydrogen-bond acceptors (Lipinski definition) is 4. The molecule has 0 bridgehead atoms. The van der Waals surface area contributed by atoms with Gasteiger partial charge < -0.3 is 9.94 Å². The second kappa shape index (κ2) is 4.20. The number of pyridine rings is 1. The molecule has 0 radical (unpaired) electrons. The second-order valence-corrected chi connectivity index (χ2v) is 2.92. The summed E-state index contributed by atoms with van der Waals surface area (Å²) in [5.74, 6) is 0.700. The first-order chi connectivity index (χ1) is 6.13. The fourth-order valence-corrected chi connectivity index (χ4v) is 1.11. The van der Waals surface area contributed by atoms with Crippen LogP contribution >= 0.6 is 0 Å². The third-order valence-electron chi connectivity index (χ3n) is 1.67. The average molecular weight is 182 g/mol. The van der Waals surface area contributed by atoms with Crippen LogP contribution in [0.5, 0.6) is 5.75 Å². The molecule has 4 heteroatoms. The third-order valence-corrected chi connectivity index (χ3v) is 1.67. The number of ether oxygens (including phenoxy) is 1. The van der Waals surface area contributed by atoms with Gasteiger partial charge in [0.05, 0.1) is 19.3 Å². The molecule has 0 spiro atoms. The van der Waals surface area contributed by atoms with Gasteiger partial charge >= 0.3 is 0 Å². The standard InChI is InChI=1S/C9H14N2O2/c1-7-4-5-9(13-3)8(10-7)6-11(2)12/h4-5,12H,6H2,1-3H3. The van der Waals surface area contributed by atoms with Crippen LogP contribution in [0.4, 0.5) is 0 Å². The van der Waals surface area contributed by atoms with E-state index in [0.29, 0.717) is 12.3 Å². The van der Waals surface area contributed by atoms with Gasteiger partial charge in [-0.1, -0.05) is 0 Å². The van der Waals surface area contributed by atoms with Crippen molar-refractivity contribution in [1.29, 1.82) is 0 Å². The van der Waals surface area contributed by atoms with Crippen molar-refractivity contribution < 1.29 is 9.94 Å². The number of methoxy groups -OCH3 is 1. The lowest BCUT2D eigenvalue weighted by atomic mass is 10.3. The van der Waals surface area contributed by atoms with Gasteiger partial charge in [0.1, 0.15) is 5.75 Å². The fraction of sp³-hybridized carbons (Fsp3) is 0.444. The van der Waals surface area contributed by atoms with Gasteiger partial charge in [-0.2, -0.15) is 5.06 Å². The molecule has 13 heavy (non-hydrogen) atoms. The van der Waals surface area contributed by atoms with Crippen LogP contribution in [0.1, 0.15) is 11.4 Å². The Morgan fingerprint density at radius 2 is 2.23 bits per heavy atom. The molecule has 0 amide bonds. The summed E-state index contributed by atoms with van der Waals surface area (Å²) in [6.07, 6.45) is 0. The van der Waals surface area contributed by atoms with Gasteiger partial charge in [0, 0.05) is 12.7 Å². The Morgan fingerprint density at radius 3 is 2.77 bits per heavy atom. The molecule has 0 unspecified atom stereocenters. The van der Waals surface area contributed by atoms with Crippen molar-refractivity contribution in [2.45, 2.75) is 13.5 Å². The highest BCUT2D eigenvalue weighted by atomic mass is 16.5. The Balaban J connectivity index is 2.94. The minimum Gasteiger partial charge on any atom is -0.495 e. The number of hydroxylamine groups is 2. The maximum absolute atomic E-state index is 9.05. The van der Waals surface area contributed by atoms with Crippen LogP contribution in [0, 0.1) is 6.92 Å². The monoisotopic (exact) mass is 182 g/mol. The molecule has 0 aliphatic rings. The van der Waals surface area contributed by atoms with Gasteiger partial charge in [-0.15, -0.1) is 0 Å². The molecule has 1 heterocycles. The van der Waals surface area contributed by atoms with Gasteiger partial charge in [-0.05, 0) is 19.1 Å². The molecule has 1 N–H and O–H groups in total. The molecule has 0 fully saturated rings. The van der Waals surface area contributed by atoms with E-state index in [-0.39, 0.29) is 0 Å². The number of rotatable bonds is 3. The summed E-state index contributed by atoms with van der Waals surface area (Å²) in [6, 6.07) is 3.72. The average Bonchev–Trinajstić information content (AvgIpc) is 2.03. The predicted octanol–water partition coefficient (Wildman–Crippen LogP) is 1.22. The van der Waals surface area contributed by atoms with Crippen LogP contribution in [0.15, 0.2) is 12.1 Å². The van der Waals surface area contributed by atoms with E-state index in [1.54, 1.807) is 14.2 Å². The molecule has 0 saturated carbocycles. The largest absolute Gasteiger partial charge is 0.495 e. The summed E-state index contributed by atoms with van der Waals surface area (Å²) in [5.41, 5.74) is 1.66. The number of nitrogens with zero attached hydrogens (tertiary/aromatic N) is 2. The van der Waals surface area contributed by atoms with Crippen molar-refractivity contribution in [2.75, 3.05) is 14.2 Å². The van der Waals surface area contributed by atoms with E-state index in [9.17, 15) is 0 Å². The summed E-state index contributed by atoms with van der Waals surface area (Å²) >= 11 is 0. The van der Waals surface area contributed by atoms with Crippen molar-refractivity contribution in [3.05, 3.63) is 23.5 Å². The number of aromatic nitrogens is 1. The van der Waals surface area contributed by atoms with Crippen LogP contribution < -0.4 is 4.74 Å². The molecule has 4 nitrogen and oxygen atoms in total. The van der Waals surface area contributed by atoms with Gasteiger partial charge in [-0.25, -0.2) is 0 Å². The van der Waals surface area contributed by atoms with Crippen LogP contribution in [-0.2, 0) is 6.54 Å². The quantitative estimate of drug-likeness (QED) is 0.714. The summed E-state index contributed by atoms with van der Waals surface area (Å²) in [7, 11) is 3.16. The number of aryl methyl sites for hydroxylation is 1. The highest BCUT2D eigenvalue weighted by Gasteiger charge is 2.06. The van der Waals surface area contributed by atoms with Crippen LogP contribution in [0.25, 0.3) is 0 Å². The lowest BCUT2D eigenvalue weighted by molar-refractivity contribution is -0.0745. The lowest BCUT2D eigenvalue weighted by Gasteiger charge is -2.11. The van der Waals surface area contributed by atoms with E-state index in [1.807, 2.05) is 19.1 Å². The maximum atomic E-state index is 9.05. The van der Waals surface area contributed by atoms with Crippen molar-refractivity contribution in [2.24, 2.45) is 0 Å². The zero-order valence-corrected chi connectivity index (χ0v) is 8.11. The van der Waals surface area contributed by atoms with Gasteiger partial charge in [0.2, 0.25) is 0 Å². The van der Waals surface area contributed by atoms with Gasteiger partial charge in [0.15, 0.2) is 0 Å². The molecule has 1 aromatic heterocycles. The summed E-state index contributed by atoms with van der Waals surface area (Å²) in [5, 5.41) is 10.1. The van der Waals surface area contributed by atoms with Crippen LogP contribution in [-0.4, -0.2) is 29.4 Å². The first-order valence-electron chi connectivity index (χ1n) is 4.04. The molecule has 0 saturated heterocycles. The smallest absolute Gasteiger partial charge is 0.141 e. The highest BCUT2D eigenvalue weighted by Crippen LogP contribution is 2.16. The molecular formula is C9H14N2O2. The molecule has 0 aromatic carbocycles. The van der Waals surface area contributed by atoms with Gasteiger partial charge in [-0.3, -0.25) is 4.98 Å². The Kier molecular flexibility index (Phi) is 3.22. The summed E-state index contributed by atoms with van der Waals surface area (Å²) in [4.78, 5) is 4.26. The van der Waals surface area contributed by atoms with E-state index < -0.39 is 0 Å². The molecule has 0 aliphatic heterocycles.